The standard InChI is InChI=1S/C22H21FN6O/c1-25-16-7-12(23)6-15-14(16)8-17-19(15)21(29-10-11-5-18(29)20(11)24)28-22(27-17)30-13-3-2-4-26-9-13/h2-4,6-7,9,11,18,20,25H,5,8,10,24H2,1H3. The molecule has 4 aliphatic rings. The Balaban J connectivity index is 1.51. The summed E-state index contributed by atoms with van der Waals surface area (Å²) in [6.07, 6.45) is 4.97. The Bertz CT molecular complexity index is 1150. The first-order valence-electron chi connectivity index (χ1n) is 10.1. The Labute approximate surface area is 173 Å². The zero-order valence-corrected chi connectivity index (χ0v) is 16.5. The Morgan fingerprint density at radius 1 is 1.30 bits per heavy atom. The maximum atomic E-state index is 14.4. The van der Waals surface area contributed by atoms with Gasteiger partial charge in [0.15, 0.2) is 0 Å². The zero-order valence-electron chi connectivity index (χ0n) is 16.5. The highest BCUT2D eigenvalue weighted by Gasteiger charge is 2.51. The number of anilines is 2. The largest absolute Gasteiger partial charge is 0.423 e. The second-order valence-corrected chi connectivity index (χ2v) is 8.14. The topological polar surface area (TPSA) is 89.2 Å². The monoisotopic (exact) mass is 404 g/mol. The number of pyridine rings is 1. The highest BCUT2D eigenvalue weighted by Crippen LogP contribution is 2.50. The van der Waals surface area contributed by atoms with E-state index in [1.165, 1.54) is 6.07 Å². The van der Waals surface area contributed by atoms with Gasteiger partial charge in [-0.05, 0) is 47.7 Å². The van der Waals surface area contributed by atoms with Gasteiger partial charge in [0.1, 0.15) is 17.4 Å². The summed E-state index contributed by atoms with van der Waals surface area (Å²) in [5.74, 6) is 1.55. The molecular formula is C22H21FN6O. The number of rotatable bonds is 4. The third kappa shape index (κ3) is 2.50. The van der Waals surface area contributed by atoms with Crippen molar-refractivity contribution in [2.75, 3.05) is 23.8 Å². The van der Waals surface area contributed by atoms with E-state index in [0.29, 0.717) is 18.1 Å². The van der Waals surface area contributed by atoms with E-state index in [1.54, 1.807) is 31.6 Å². The van der Waals surface area contributed by atoms with Gasteiger partial charge in [0.05, 0.1) is 11.9 Å². The molecule has 1 aromatic carbocycles. The number of aromatic nitrogens is 3. The number of hydrogen-bond acceptors (Lipinski definition) is 7. The molecular weight excluding hydrogens is 383 g/mol. The molecule has 3 unspecified atom stereocenters. The van der Waals surface area contributed by atoms with E-state index in [9.17, 15) is 4.39 Å². The second-order valence-electron chi connectivity index (χ2n) is 8.14. The number of nitrogens with zero attached hydrogens (tertiary/aromatic N) is 4. The van der Waals surface area contributed by atoms with Crippen molar-refractivity contribution >= 4 is 11.5 Å². The van der Waals surface area contributed by atoms with Crippen LogP contribution < -0.4 is 20.7 Å². The summed E-state index contributed by atoms with van der Waals surface area (Å²) >= 11 is 0. The van der Waals surface area contributed by atoms with Crippen LogP contribution >= 0.6 is 0 Å². The van der Waals surface area contributed by atoms with Crippen LogP contribution in [-0.4, -0.2) is 40.6 Å². The van der Waals surface area contributed by atoms with E-state index in [-0.39, 0.29) is 23.9 Å². The average molecular weight is 404 g/mol. The minimum Gasteiger partial charge on any atom is -0.423 e. The maximum absolute atomic E-state index is 14.4. The van der Waals surface area contributed by atoms with E-state index >= 15 is 0 Å². The second kappa shape index (κ2) is 6.37. The predicted molar refractivity (Wildman–Crippen MR) is 111 cm³/mol. The molecule has 30 heavy (non-hydrogen) atoms. The van der Waals surface area contributed by atoms with Gasteiger partial charge in [-0.1, -0.05) is 0 Å². The average Bonchev–Trinajstić information content (AvgIpc) is 3.44. The molecule has 2 aliphatic carbocycles. The summed E-state index contributed by atoms with van der Waals surface area (Å²) in [4.78, 5) is 15.8. The maximum Gasteiger partial charge on any atom is 0.324 e. The van der Waals surface area contributed by atoms with Crippen molar-refractivity contribution in [2.24, 2.45) is 11.7 Å². The molecule has 3 aromatic rings. The fourth-order valence-electron chi connectivity index (χ4n) is 4.99. The minimum atomic E-state index is -0.282. The fourth-order valence-corrected chi connectivity index (χ4v) is 4.99. The fraction of sp³-hybridized carbons (Fsp3) is 0.318. The van der Waals surface area contributed by atoms with Gasteiger partial charge < -0.3 is 20.7 Å². The van der Waals surface area contributed by atoms with Gasteiger partial charge in [0, 0.05) is 49.5 Å². The van der Waals surface area contributed by atoms with Crippen LogP contribution in [0.15, 0.2) is 36.7 Å². The number of benzene rings is 1. The van der Waals surface area contributed by atoms with Crippen LogP contribution in [0.1, 0.15) is 17.7 Å². The summed E-state index contributed by atoms with van der Waals surface area (Å²) < 4.78 is 20.3. The van der Waals surface area contributed by atoms with Crippen LogP contribution in [0.3, 0.4) is 0 Å². The first kappa shape index (κ1) is 17.6. The molecule has 0 spiro atoms. The van der Waals surface area contributed by atoms with Gasteiger partial charge in [0.2, 0.25) is 0 Å². The lowest BCUT2D eigenvalue weighted by Crippen LogP contribution is -2.49. The number of halogens is 1. The molecule has 3 fully saturated rings. The number of hydrogen-bond donors (Lipinski definition) is 2. The molecule has 2 bridgehead atoms. The molecule has 4 heterocycles. The summed E-state index contributed by atoms with van der Waals surface area (Å²) in [5.41, 5.74) is 10.7. The summed E-state index contributed by atoms with van der Waals surface area (Å²) in [6, 6.07) is 7.39. The van der Waals surface area contributed by atoms with Crippen molar-refractivity contribution in [3.63, 3.8) is 0 Å². The Kier molecular flexibility index (Phi) is 3.73. The quantitative estimate of drug-likeness (QED) is 0.541. The highest BCUT2D eigenvalue weighted by molar-refractivity contribution is 5.88. The summed E-state index contributed by atoms with van der Waals surface area (Å²) in [7, 11) is 1.80. The normalized spacial score (nSPS) is 23.0. The molecule has 2 aliphatic heterocycles. The van der Waals surface area contributed by atoms with Crippen molar-refractivity contribution in [3.05, 3.63) is 53.7 Å². The predicted octanol–water partition coefficient (Wildman–Crippen LogP) is 2.95. The third-order valence-electron chi connectivity index (χ3n) is 6.52. The lowest BCUT2D eigenvalue weighted by molar-refractivity contribution is 0.311. The molecule has 7 nitrogen and oxygen atoms in total. The molecule has 0 amide bonds. The van der Waals surface area contributed by atoms with Crippen LogP contribution in [0.4, 0.5) is 15.9 Å². The minimum absolute atomic E-state index is 0.152. The van der Waals surface area contributed by atoms with Gasteiger partial charge in [-0.15, -0.1) is 0 Å². The molecule has 152 valence electrons. The smallest absolute Gasteiger partial charge is 0.324 e. The summed E-state index contributed by atoms with van der Waals surface area (Å²) in [6.45, 7) is 0.852. The van der Waals surface area contributed by atoms with Gasteiger partial charge >= 0.3 is 6.01 Å². The molecule has 3 N–H and O–H groups in total. The van der Waals surface area contributed by atoms with Gasteiger partial charge in [-0.25, -0.2) is 4.39 Å². The third-order valence-corrected chi connectivity index (χ3v) is 6.52. The lowest BCUT2D eigenvalue weighted by Gasteiger charge is -2.34. The molecule has 3 atom stereocenters. The van der Waals surface area contributed by atoms with Crippen molar-refractivity contribution in [1.29, 1.82) is 0 Å². The van der Waals surface area contributed by atoms with E-state index in [0.717, 1.165) is 46.9 Å². The first-order chi connectivity index (χ1) is 14.6. The van der Waals surface area contributed by atoms with Gasteiger partial charge in [-0.3, -0.25) is 4.98 Å². The van der Waals surface area contributed by atoms with Crippen LogP contribution in [0.2, 0.25) is 0 Å². The summed E-state index contributed by atoms with van der Waals surface area (Å²) in [5, 5.41) is 3.11. The van der Waals surface area contributed by atoms with Crippen molar-refractivity contribution < 1.29 is 9.13 Å². The van der Waals surface area contributed by atoms with Gasteiger partial charge in [-0.2, -0.15) is 9.97 Å². The molecule has 8 heteroatoms. The van der Waals surface area contributed by atoms with Gasteiger partial charge in [0.25, 0.3) is 0 Å². The Morgan fingerprint density at radius 3 is 2.90 bits per heavy atom. The first-order valence-corrected chi connectivity index (χ1v) is 10.1. The van der Waals surface area contributed by atoms with E-state index < -0.39 is 0 Å². The lowest BCUT2D eigenvalue weighted by atomic mass is 9.81. The van der Waals surface area contributed by atoms with E-state index in [2.05, 4.69) is 20.2 Å². The highest BCUT2D eigenvalue weighted by atomic mass is 19.1. The van der Waals surface area contributed by atoms with Crippen molar-refractivity contribution in [3.8, 4) is 22.9 Å². The molecule has 2 saturated heterocycles. The molecule has 0 radical (unpaired) electrons. The van der Waals surface area contributed by atoms with Crippen LogP contribution in [-0.2, 0) is 6.42 Å². The Morgan fingerprint density at radius 2 is 2.20 bits per heavy atom. The van der Waals surface area contributed by atoms with E-state index in [1.807, 2.05) is 6.07 Å². The number of nitrogens with two attached hydrogens (primary N) is 1. The van der Waals surface area contributed by atoms with Crippen LogP contribution in [0.5, 0.6) is 11.8 Å². The van der Waals surface area contributed by atoms with Crippen molar-refractivity contribution in [2.45, 2.75) is 24.9 Å². The zero-order chi connectivity index (χ0) is 20.4. The molecule has 7 rings (SSSR count). The SMILES string of the molecule is CNc1cc(F)cc2c1Cc1nc(Oc3cccnc3)nc(N3CC4CC3C4N)c1-2. The number of nitrogens with one attached hydrogen (secondary N) is 1. The number of fused-ring (bicyclic) bond motifs is 4. The Hall–Kier alpha value is -3.26. The van der Waals surface area contributed by atoms with Crippen molar-refractivity contribution in [1.82, 2.24) is 15.0 Å². The number of ether oxygens (including phenoxy) is 1. The van der Waals surface area contributed by atoms with E-state index in [4.69, 9.17) is 15.5 Å². The van der Waals surface area contributed by atoms with Crippen LogP contribution in [0.25, 0.3) is 11.1 Å². The molecule has 2 aromatic heterocycles. The van der Waals surface area contributed by atoms with Crippen LogP contribution in [0, 0.1) is 11.7 Å². The molecule has 1 saturated carbocycles.